The van der Waals surface area contributed by atoms with Crippen LogP contribution in [-0.4, -0.2) is 43.8 Å². The molecule has 0 aliphatic carbocycles. The monoisotopic (exact) mass is 633 g/mol. The molecular weight excluding hydrogens is 596 g/mol. The smallest absolute Gasteiger partial charge is 0.264 e. The summed E-state index contributed by atoms with van der Waals surface area (Å²) in [6.45, 7) is 4.62. The average molecular weight is 634 g/mol. The van der Waals surface area contributed by atoms with Crippen LogP contribution in [0.15, 0.2) is 108 Å². The molecule has 1 N–H and O–H groups in total. The van der Waals surface area contributed by atoms with Crippen molar-refractivity contribution < 1.29 is 26.8 Å². The summed E-state index contributed by atoms with van der Waals surface area (Å²) in [5.74, 6) is -2.34. The van der Waals surface area contributed by atoms with Gasteiger partial charge in [0, 0.05) is 24.6 Å². The lowest BCUT2D eigenvalue weighted by molar-refractivity contribution is -0.140. The number of carbonyl (C=O) groups excluding carboxylic acids is 2. The molecule has 0 saturated carbocycles. The number of carbonyl (C=O) groups is 2. The van der Waals surface area contributed by atoms with Crippen molar-refractivity contribution in [2.75, 3.05) is 10.8 Å². The molecule has 2 atom stereocenters. The van der Waals surface area contributed by atoms with Gasteiger partial charge in [0.05, 0.1) is 10.6 Å². The van der Waals surface area contributed by atoms with E-state index in [4.69, 9.17) is 0 Å². The van der Waals surface area contributed by atoms with Gasteiger partial charge in [0.1, 0.15) is 24.2 Å². The van der Waals surface area contributed by atoms with Crippen LogP contribution in [0.1, 0.15) is 37.0 Å². The molecule has 0 spiro atoms. The number of benzene rings is 4. The Hall–Kier alpha value is -4.57. The van der Waals surface area contributed by atoms with E-state index in [9.17, 15) is 22.4 Å². The number of nitrogens with zero attached hydrogens (tertiary/aromatic N) is 2. The second-order valence-electron chi connectivity index (χ2n) is 10.9. The first-order valence-electron chi connectivity index (χ1n) is 14.7. The summed E-state index contributed by atoms with van der Waals surface area (Å²) in [6, 6.07) is 24.6. The maximum Gasteiger partial charge on any atom is 0.264 e. The van der Waals surface area contributed by atoms with Crippen molar-refractivity contribution in [1.29, 1.82) is 0 Å². The van der Waals surface area contributed by atoms with E-state index < -0.39 is 46.1 Å². The quantitative estimate of drug-likeness (QED) is 0.195. The van der Waals surface area contributed by atoms with Crippen LogP contribution in [0.2, 0.25) is 0 Å². The summed E-state index contributed by atoms with van der Waals surface area (Å²) in [7, 11) is -4.38. The second-order valence-corrected chi connectivity index (χ2v) is 12.8. The van der Waals surface area contributed by atoms with Crippen molar-refractivity contribution in [3.8, 4) is 0 Å². The molecule has 4 aromatic carbocycles. The summed E-state index contributed by atoms with van der Waals surface area (Å²) in [5, 5.41) is 2.94. The summed E-state index contributed by atoms with van der Waals surface area (Å²) >= 11 is 0. The zero-order valence-corrected chi connectivity index (χ0v) is 26.3. The van der Waals surface area contributed by atoms with Gasteiger partial charge in [-0.25, -0.2) is 17.2 Å². The van der Waals surface area contributed by atoms with Gasteiger partial charge in [0.25, 0.3) is 10.0 Å². The number of sulfonamides is 1. The lowest BCUT2D eigenvalue weighted by Crippen LogP contribution is -2.54. The van der Waals surface area contributed by atoms with Gasteiger partial charge in [-0.1, -0.05) is 73.2 Å². The summed E-state index contributed by atoms with van der Waals surface area (Å²) in [6.07, 6.45) is 0.751. The predicted octanol–water partition coefficient (Wildman–Crippen LogP) is 6.02. The molecule has 0 radical (unpaired) electrons. The van der Waals surface area contributed by atoms with Crippen LogP contribution < -0.4 is 9.62 Å². The van der Waals surface area contributed by atoms with Crippen LogP contribution in [0.3, 0.4) is 0 Å². The van der Waals surface area contributed by atoms with Crippen LogP contribution in [0, 0.1) is 18.6 Å². The minimum atomic E-state index is -4.38. The van der Waals surface area contributed by atoms with Crippen LogP contribution in [0.4, 0.5) is 14.5 Å². The number of rotatable bonds is 13. The first-order valence-corrected chi connectivity index (χ1v) is 16.2. The zero-order chi connectivity index (χ0) is 32.6. The van der Waals surface area contributed by atoms with E-state index in [2.05, 4.69) is 5.32 Å². The molecule has 0 aromatic heterocycles. The van der Waals surface area contributed by atoms with Crippen molar-refractivity contribution in [1.82, 2.24) is 10.2 Å². The van der Waals surface area contributed by atoms with Gasteiger partial charge in [-0.3, -0.25) is 13.9 Å². The highest BCUT2D eigenvalue weighted by molar-refractivity contribution is 7.92. The van der Waals surface area contributed by atoms with E-state index in [1.54, 1.807) is 30.3 Å². The van der Waals surface area contributed by atoms with Gasteiger partial charge in [-0.2, -0.15) is 0 Å². The minimum Gasteiger partial charge on any atom is -0.352 e. The SMILES string of the molecule is CCC(C)NC(=O)C(Cc1ccccc1)N(Cc1ccccc1F)C(=O)CN(c1ccc(C)cc1)S(=O)(=O)c1ccc(F)cc1. The Kier molecular flexibility index (Phi) is 11.1. The Morgan fingerprint density at radius 1 is 0.844 bits per heavy atom. The van der Waals surface area contributed by atoms with Crippen LogP contribution in [0.25, 0.3) is 0 Å². The third kappa shape index (κ3) is 8.54. The highest BCUT2D eigenvalue weighted by Crippen LogP contribution is 2.26. The molecule has 0 heterocycles. The molecule has 0 saturated heterocycles. The van der Waals surface area contributed by atoms with Crippen molar-refractivity contribution in [2.24, 2.45) is 0 Å². The number of hydrogen-bond donors (Lipinski definition) is 1. The molecule has 7 nitrogen and oxygen atoms in total. The number of aryl methyl sites for hydroxylation is 1. The number of amides is 2. The van der Waals surface area contributed by atoms with E-state index in [1.807, 2.05) is 51.1 Å². The summed E-state index contributed by atoms with van der Waals surface area (Å²) in [5.41, 5.74) is 2.01. The zero-order valence-electron chi connectivity index (χ0n) is 25.5. The molecule has 236 valence electrons. The average Bonchev–Trinajstić information content (AvgIpc) is 3.03. The number of halogens is 2. The Morgan fingerprint density at radius 2 is 1.47 bits per heavy atom. The summed E-state index contributed by atoms with van der Waals surface area (Å²) in [4.78, 5) is 29.2. The molecule has 0 aliphatic rings. The number of anilines is 1. The largest absolute Gasteiger partial charge is 0.352 e. The molecule has 2 amide bonds. The van der Waals surface area contributed by atoms with Crippen LogP contribution in [-0.2, 0) is 32.6 Å². The van der Waals surface area contributed by atoms with Gasteiger partial charge >= 0.3 is 0 Å². The third-order valence-corrected chi connectivity index (χ3v) is 9.36. The van der Waals surface area contributed by atoms with Crippen molar-refractivity contribution in [2.45, 2.75) is 57.1 Å². The van der Waals surface area contributed by atoms with E-state index in [0.717, 1.165) is 39.7 Å². The van der Waals surface area contributed by atoms with Gasteiger partial charge in [-0.15, -0.1) is 0 Å². The highest BCUT2D eigenvalue weighted by atomic mass is 32.2. The normalized spacial score (nSPS) is 12.6. The fourth-order valence-corrected chi connectivity index (χ4v) is 6.19. The maximum atomic E-state index is 15.0. The second kappa shape index (κ2) is 14.9. The van der Waals surface area contributed by atoms with Gasteiger partial charge in [0.2, 0.25) is 11.8 Å². The van der Waals surface area contributed by atoms with E-state index >= 15 is 4.39 Å². The Labute approximate surface area is 263 Å². The maximum absolute atomic E-state index is 15.0. The van der Waals surface area contributed by atoms with E-state index in [-0.39, 0.29) is 35.2 Å². The topological polar surface area (TPSA) is 86.8 Å². The molecular formula is C35H37F2N3O4S. The van der Waals surface area contributed by atoms with E-state index in [0.29, 0.717) is 6.42 Å². The minimum absolute atomic E-state index is 0.110. The highest BCUT2D eigenvalue weighted by Gasteiger charge is 2.35. The third-order valence-electron chi connectivity index (χ3n) is 7.57. The molecule has 0 aliphatic heterocycles. The van der Waals surface area contributed by atoms with Gasteiger partial charge < -0.3 is 10.2 Å². The van der Waals surface area contributed by atoms with Crippen LogP contribution >= 0.6 is 0 Å². The van der Waals surface area contributed by atoms with Crippen molar-refractivity contribution in [3.63, 3.8) is 0 Å². The predicted molar refractivity (Wildman–Crippen MR) is 171 cm³/mol. The van der Waals surface area contributed by atoms with Gasteiger partial charge in [0.15, 0.2) is 0 Å². The lowest BCUT2D eigenvalue weighted by Gasteiger charge is -2.34. The Balaban J connectivity index is 1.81. The molecule has 4 aromatic rings. The lowest BCUT2D eigenvalue weighted by atomic mass is 10.0. The molecule has 0 bridgehead atoms. The number of nitrogens with one attached hydrogen (secondary N) is 1. The standard InChI is InChI=1S/C35H37F2N3O4S/c1-4-26(3)38-35(42)33(22-27-10-6-5-7-11-27)39(23-28-12-8-9-13-32(28)37)34(41)24-40(30-18-14-25(2)15-19-30)45(43,44)31-20-16-29(36)17-21-31/h5-21,26,33H,4,22-24H2,1-3H3,(H,38,42). The molecule has 45 heavy (non-hydrogen) atoms. The Bertz CT molecular complexity index is 1700. The Morgan fingerprint density at radius 3 is 2.09 bits per heavy atom. The fourth-order valence-electron chi connectivity index (χ4n) is 4.78. The fraction of sp³-hybridized carbons (Fsp3) is 0.257. The first kappa shape index (κ1) is 33.3. The van der Waals surface area contributed by atoms with Crippen molar-refractivity contribution in [3.05, 3.63) is 131 Å². The molecule has 0 fully saturated rings. The van der Waals surface area contributed by atoms with Crippen LogP contribution in [0.5, 0.6) is 0 Å². The molecule has 10 heteroatoms. The first-order chi connectivity index (χ1) is 21.5. The molecule has 4 rings (SSSR count). The van der Waals surface area contributed by atoms with E-state index in [1.165, 1.54) is 23.1 Å². The van der Waals surface area contributed by atoms with Crippen molar-refractivity contribution >= 4 is 27.5 Å². The van der Waals surface area contributed by atoms with Gasteiger partial charge in [-0.05, 0) is 68.3 Å². The number of hydrogen-bond acceptors (Lipinski definition) is 4. The summed E-state index contributed by atoms with van der Waals surface area (Å²) < 4.78 is 57.6. The molecule has 2 unspecified atom stereocenters.